The molecule has 2 heterocycles. The third-order valence-electron chi connectivity index (χ3n) is 4.83. The van der Waals surface area contributed by atoms with Gasteiger partial charge in [-0.15, -0.1) is 0 Å². The van der Waals surface area contributed by atoms with Crippen LogP contribution in [0, 0.1) is 0 Å². The van der Waals surface area contributed by atoms with Crippen LogP contribution >= 0.6 is 11.6 Å². The molecule has 3 aromatic rings. The smallest absolute Gasteiger partial charge is 0.289 e. The normalized spacial score (nSPS) is 14.2. The minimum absolute atomic E-state index is 0.00768. The number of carbonyl (C=O) groups is 2. The van der Waals surface area contributed by atoms with Crippen LogP contribution in [0.4, 0.5) is 0 Å². The van der Waals surface area contributed by atoms with Crippen molar-refractivity contribution in [3.63, 3.8) is 0 Å². The van der Waals surface area contributed by atoms with E-state index in [4.69, 9.17) is 16.0 Å². The van der Waals surface area contributed by atoms with Gasteiger partial charge in [0.05, 0.1) is 5.02 Å². The molecule has 0 aliphatic carbocycles. The fraction of sp³-hybridized carbons (Fsp3) is 0.182. The van der Waals surface area contributed by atoms with Crippen LogP contribution in [0.25, 0.3) is 11.3 Å². The highest BCUT2D eigenvalue weighted by Crippen LogP contribution is 2.29. The summed E-state index contributed by atoms with van der Waals surface area (Å²) in [5, 5.41) is 0.573. The molecule has 4 rings (SSSR count). The summed E-state index contributed by atoms with van der Waals surface area (Å²) in [6.45, 7) is 1.94. The highest BCUT2D eigenvalue weighted by Gasteiger charge is 2.27. The molecular weight excluding hydrogens is 376 g/mol. The van der Waals surface area contributed by atoms with E-state index >= 15 is 0 Å². The first-order valence-electron chi connectivity index (χ1n) is 9.12. The van der Waals surface area contributed by atoms with Gasteiger partial charge in [0.2, 0.25) is 0 Å². The van der Waals surface area contributed by atoms with Gasteiger partial charge in [-0.1, -0.05) is 41.9 Å². The zero-order valence-electron chi connectivity index (χ0n) is 15.2. The largest absolute Gasteiger partial charge is 0.451 e. The van der Waals surface area contributed by atoms with Crippen LogP contribution < -0.4 is 0 Å². The summed E-state index contributed by atoms with van der Waals surface area (Å²) in [6, 6.07) is 20.0. The molecule has 1 aromatic heterocycles. The lowest BCUT2D eigenvalue weighted by Crippen LogP contribution is -2.50. The highest BCUT2D eigenvalue weighted by molar-refractivity contribution is 6.33. The van der Waals surface area contributed by atoms with Crippen LogP contribution in [-0.4, -0.2) is 47.8 Å². The molecule has 1 aliphatic heterocycles. The minimum atomic E-state index is -0.176. The predicted molar refractivity (Wildman–Crippen MR) is 107 cm³/mol. The number of rotatable bonds is 3. The van der Waals surface area contributed by atoms with Gasteiger partial charge in [-0.3, -0.25) is 9.59 Å². The second kappa shape index (κ2) is 7.90. The minimum Gasteiger partial charge on any atom is -0.451 e. The Morgan fingerprint density at radius 1 is 0.750 bits per heavy atom. The van der Waals surface area contributed by atoms with Crippen LogP contribution in [0.2, 0.25) is 5.02 Å². The SMILES string of the molecule is O=C(c1ccccc1)N1CCN(C(=O)c2ccc(-c3ccccc3Cl)o2)CC1. The average molecular weight is 395 g/mol. The van der Waals surface area contributed by atoms with Crippen molar-refractivity contribution in [1.29, 1.82) is 0 Å². The van der Waals surface area contributed by atoms with Gasteiger partial charge >= 0.3 is 0 Å². The molecule has 0 unspecified atom stereocenters. The van der Waals surface area contributed by atoms with Gasteiger partial charge in [-0.2, -0.15) is 0 Å². The summed E-state index contributed by atoms with van der Waals surface area (Å²) in [5.74, 6) is 0.654. The monoisotopic (exact) mass is 394 g/mol. The van der Waals surface area contributed by atoms with Crippen LogP contribution in [0.3, 0.4) is 0 Å². The zero-order chi connectivity index (χ0) is 19.5. The van der Waals surface area contributed by atoms with Crippen molar-refractivity contribution in [2.24, 2.45) is 0 Å². The predicted octanol–water partition coefficient (Wildman–Crippen LogP) is 4.20. The molecule has 0 radical (unpaired) electrons. The number of furan rings is 1. The molecule has 5 nitrogen and oxygen atoms in total. The summed E-state index contributed by atoms with van der Waals surface area (Å²) < 4.78 is 5.75. The maximum atomic E-state index is 12.8. The number of carbonyl (C=O) groups excluding carboxylic acids is 2. The summed E-state index contributed by atoms with van der Waals surface area (Å²) in [7, 11) is 0. The van der Waals surface area contributed by atoms with Crippen molar-refractivity contribution in [3.8, 4) is 11.3 Å². The van der Waals surface area contributed by atoms with Crippen LogP contribution in [-0.2, 0) is 0 Å². The van der Waals surface area contributed by atoms with Crippen molar-refractivity contribution < 1.29 is 14.0 Å². The Kier molecular flexibility index (Phi) is 5.17. The van der Waals surface area contributed by atoms with E-state index in [9.17, 15) is 9.59 Å². The molecule has 0 bridgehead atoms. The molecule has 142 valence electrons. The second-order valence-electron chi connectivity index (χ2n) is 6.59. The molecule has 2 aromatic carbocycles. The summed E-state index contributed by atoms with van der Waals surface area (Å²) in [5.41, 5.74) is 1.42. The lowest BCUT2D eigenvalue weighted by molar-refractivity contribution is 0.0518. The molecular formula is C22H19ClN2O3. The van der Waals surface area contributed by atoms with Gasteiger partial charge in [0.25, 0.3) is 11.8 Å². The van der Waals surface area contributed by atoms with E-state index < -0.39 is 0 Å². The Hall–Kier alpha value is -3.05. The third-order valence-corrected chi connectivity index (χ3v) is 5.16. The Balaban J connectivity index is 1.41. The fourth-order valence-electron chi connectivity index (χ4n) is 3.29. The third kappa shape index (κ3) is 3.66. The van der Waals surface area contributed by atoms with Gasteiger partial charge in [-0.25, -0.2) is 0 Å². The molecule has 6 heteroatoms. The molecule has 1 saturated heterocycles. The van der Waals surface area contributed by atoms with E-state index in [-0.39, 0.29) is 17.6 Å². The summed E-state index contributed by atoms with van der Waals surface area (Å²) in [4.78, 5) is 28.8. The van der Waals surface area contributed by atoms with Gasteiger partial charge in [0.1, 0.15) is 5.76 Å². The first-order chi connectivity index (χ1) is 13.6. The lowest BCUT2D eigenvalue weighted by Gasteiger charge is -2.34. The van der Waals surface area contributed by atoms with Crippen molar-refractivity contribution in [3.05, 3.63) is 83.1 Å². The van der Waals surface area contributed by atoms with Crippen LogP contribution in [0.5, 0.6) is 0 Å². The summed E-state index contributed by atoms with van der Waals surface area (Å²) >= 11 is 6.20. The maximum Gasteiger partial charge on any atom is 0.289 e. The first kappa shape index (κ1) is 18.3. The molecule has 1 fully saturated rings. The average Bonchev–Trinajstić information content (AvgIpc) is 3.24. The summed E-state index contributed by atoms with van der Waals surface area (Å²) in [6.07, 6.45) is 0. The Bertz CT molecular complexity index is 992. The molecule has 0 saturated carbocycles. The topological polar surface area (TPSA) is 53.8 Å². The second-order valence-corrected chi connectivity index (χ2v) is 7.00. The van der Waals surface area contributed by atoms with Gasteiger partial charge in [0, 0.05) is 37.3 Å². The van der Waals surface area contributed by atoms with Crippen LogP contribution in [0.15, 0.2) is 71.1 Å². The number of nitrogens with zero attached hydrogens (tertiary/aromatic N) is 2. The van der Waals surface area contributed by atoms with E-state index in [1.807, 2.05) is 36.4 Å². The quantitative estimate of drug-likeness (QED) is 0.669. The highest BCUT2D eigenvalue weighted by atomic mass is 35.5. The maximum absolute atomic E-state index is 12.8. The molecule has 2 amide bonds. The molecule has 0 N–H and O–H groups in total. The molecule has 28 heavy (non-hydrogen) atoms. The van der Waals surface area contributed by atoms with Crippen molar-refractivity contribution >= 4 is 23.4 Å². The number of piperazine rings is 1. The van der Waals surface area contributed by atoms with Gasteiger partial charge < -0.3 is 14.2 Å². The number of amides is 2. The number of hydrogen-bond acceptors (Lipinski definition) is 3. The van der Waals surface area contributed by atoms with Crippen molar-refractivity contribution in [1.82, 2.24) is 9.80 Å². The Labute approximate surface area is 168 Å². The van der Waals surface area contributed by atoms with E-state index in [1.54, 1.807) is 40.1 Å². The fourth-order valence-corrected chi connectivity index (χ4v) is 3.52. The zero-order valence-corrected chi connectivity index (χ0v) is 15.9. The Morgan fingerprint density at radius 2 is 1.36 bits per heavy atom. The van der Waals surface area contributed by atoms with Crippen molar-refractivity contribution in [2.75, 3.05) is 26.2 Å². The molecule has 0 spiro atoms. The number of benzene rings is 2. The number of halogens is 1. The standard InChI is InChI=1S/C22H19ClN2O3/c23-18-9-5-4-8-17(18)19-10-11-20(28-19)22(27)25-14-12-24(13-15-25)21(26)16-6-2-1-3-7-16/h1-11H,12-15H2. The van der Waals surface area contributed by atoms with E-state index in [0.717, 1.165) is 5.56 Å². The van der Waals surface area contributed by atoms with Gasteiger partial charge in [-0.05, 0) is 36.4 Å². The van der Waals surface area contributed by atoms with Gasteiger partial charge in [0.15, 0.2) is 5.76 Å². The van der Waals surface area contributed by atoms with E-state index in [2.05, 4.69) is 0 Å². The number of hydrogen-bond donors (Lipinski definition) is 0. The molecule has 1 aliphatic rings. The van der Waals surface area contributed by atoms with Crippen molar-refractivity contribution in [2.45, 2.75) is 0 Å². The Morgan fingerprint density at radius 3 is 2.04 bits per heavy atom. The first-order valence-corrected chi connectivity index (χ1v) is 9.49. The van der Waals surface area contributed by atoms with Crippen LogP contribution in [0.1, 0.15) is 20.9 Å². The van der Waals surface area contributed by atoms with E-state index in [0.29, 0.717) is 42.5 Å². The lowest BCUT2D eigenvalue weighted by atomic mass is 10.2. The van der Waals surface area contributed by atoms with E-state index in [1.165, 1.54) is 0 Å². The molecule has 0 atom stereocenters.